The lowest BCUT2D eigenvalue weighted by Gasteiger charge is -2.34. The van der Waals surface area contributed by atoms with Gasteiger partial charge in [0.05, 0.1) is 24.8 Å². The Morgan fingerprint density at radius 3 is 2.17 bits per heavy atom. The Labute approximate surface area is 286 Å². The SMILES string of the molecule is CCNC(=O)C(Cc1ccccc1)N(Cc1ccc(Cl)cc1Cl)C(=O)CN(c1ccc(C)cc1)S(=O)(=O)c1ccc(OC)c(OC)c1. The molecule has 0 aliphatic rings. The number of carbonyl (C=O) groups excluding carboxylic acids is 2. The Morgan fingerprint density at radius 1 is 0.872 bits per heavy atom. The van der Waals surface area contributed by atoms with E-state index in [4.69, 9.17) is 32.7 Å². The van der Waals surface area contributed by atoms with E-state index in [1.807, 2.05) is 37.3 Å². The lowest BCUT2D eigenvalue weighted by molar-refractivity contribution is -0.140. The van der Waals surface area contributed by atoms with Crippen molar-refractivity contribution in [1.29, 1.82) is 0 Å². The van der Waals surface area contributed by atoms with Gasteiger partial charge < -0.3 is 19.7 Å². The summed E-state index contributed by atoms with van der Waals surface area (Å²) in [4.78, 5) is 29.5. The van der Waals surface area contributed by atoms with Crippen molar-refractivity contribution < 1.29 is 27.5 Å². The summed E-state index contributed by atoms with van der Waals surface area (Å²) >= 11 is 12.7. The standard InChI is InChI=1S/C35H37Cl2N3O6S/c1-5-38-35(42)31(19-25-9-7-6-8-10-25)39(22-26-13-14-27(36)20-30(26)37)34(41)23-40(28-15-11-24(2)12-16-28)47(43,44)29-17-18-32(45-3)33(21-29)46-4/h6-18,20-21,31H,5,19,22-23H2,1-4H3,(H,38,42). The van der Waals surface area contributed by atoms with Gasteiger partial charge in [-0.3, -0.25) is 13.9 Å². The van der Waals surface area contributed by atoms with Crippen LogP contribution in [0.5, 0.6) is 11.5 Å². The fourth-order valence-electron chi connectivity index (χ4n) is 5.02. The van der Waals surface area contributed by atoms with Gasteiger partial charge in [0.25, 0.3) is 10.0 Å². The van der Waals surface area contributed by atoms with E-state index in [2.05, 4.69) is 5.32 Å². The predicted octanol–water partition coefficient (Wildman–Crippen LogP) is 6.29. The minimum absolute atomic E-state index is 0.0817. The molecular formula is C35H37Cl2N3O6S. The summed E-state index contributed by atoms with van der Waals surface area (Å²) in [6.07, 6.45) is 0.177. The Kier molecular flexibility index (Phi) is 12.1. The Balaban J connectivity index is 1.83. The molecule has 0 saturated carbocycles. The second-order valence-corrected chi connectivity index (χ2v) is 13.4. The number of likely N-dealkylation sites (N-methyl/N-ethyl adjacent to an activating group) is 1. The first-order valence-corrected chi connectivity index (χ1v) is 17.0. The van der Waals surface area contributed by atoms with E-state index in [1.54, 1.807) is 49.4 Å². The van der Waals surface area contributed by atoms with E-state index in [0.717, 1.165) is 15.4 Å². The van der Waals surface area contributed by atoms with Crippen molar-refractivity contribution in [3.8, 4) is 11.5 Å². The van der Waals surface area contributed by atoms with Gasteiger partial charge in [-0.25, -0.2) is 8.42 Å². The number of sulfonamides is 1. The molecular weight excluding hydrogens is 661 g/mol. The van der Waals surface area contributed by atoms with Crippen LogP contribution in [0.1, 0.15) is 23.6 Å². The highest BCUT2D eigenvalue weighted by Gasteiger charge is 2.35. The zero-order chi connectivity index (χ0) is 34.1. The number of carbonyl (C=O) groups is 2. The van der Waals surface area contributed by atoms with Crippen LogP contribution in [0, 0.1) is 6.92 Å². The van der Waals surface area contributed by atoms with Crippen LogP contribution in [0.15, 0.2) is 95.9 Å². The molecule has 0 aliphatic carbocycles. The third-order valence-electron chi connectivity index (χ3n) is 7.52. The van der Waals surface area contributed by atoms with E-state index in [-0.39, 0.29) is 35.2 Å². The molecule has 47 heavy (non-hydrogen) atoms. The van der Waals surface area contributed by atoms with E-state index in [9.17, 15) is 18.0 Å². The Morgan fingerprint density at radius 2 is 1.55 bits per heavy atom. The quantitative estimate of drug-likeness (QED) is 0.166. The Hall–Kier alpha value is -4.25. The normalized spacial score (nSPS) is 11.8. The third-order valence-corrected chi connectivity index (χ3v) is 9.88. The Bertz CT molecular complexity index is 1800. The number of aryl methyl sites for hydroxylation is 1. The van der Waals surface area contributed by atoms with Gasteiger partial charge in [-0.05, 0) is 61.4 Å². The van der Waals surface area contributed by atoms with Crippen LogP contribution in [0.25, 0.3) is 0 Å². The molecule has 12 heteroatoms. The number of rotatable bonds is 14. The minimum atomic E-state index is -4.35. The second kappa shape index (κ2) is 16.0. The lowest BCUT2D eigenvalue weighted by Crippen LogP contribution is -2.53. The molecule has 0 saturated heterocycles. The number of benzene rings is 4. The molecule has 4 aromatic carbocycles. The first kappa shape index (κ1) is 35.6. The van der Waals surface area contributed by atoms with E-state index in [1.165, 1.54) is 37.3 Å². The number of amides is 2. The summed E-state index contributed by atoms with van der Waals surface area (Å²) in [5, 5.41) is 3.55. The van der Waals surface area contributed by atoms with Crippen LogP contribution in [-0.4, -0.2) is 58.5 Å². The molecule has 1 unspecified atom stereocenters. The first-order valence-electron chi connectivity index (χ1n) is 14.8. The van der Waals surface area contributed by atoms with E-state index >= 15 is 0 Å². The molecule has 0 aliphatic heterocycles. The fraction of sp³-hybridized carbons (Fsp3) is 0.257. The maximum absolute atomic E-state index is 14.5. The first-order chi connectivity index (χ1) is 22.5. The topological polar surface area (TPSA) is 105 Å². The molecule has 2 amide bonds. The average Bonchev–Trinajstić information content (AvgIpc) is 3.06. The molecule has 248 valence electrons. The van der Waals surface area contributed by atoms with Crippen LogP contribution < -0.4 is 19.1 Å². The fourth-order valence-corrected chi connectivity index (χ4v) is 6.92. The van der Waals surface area contributed by atoms with Crippen LogP contribution in [0.4, 0.5) is 5.69 Å². The van der Waals surface area contributed by atoms with Crippen molar-refractivity contribution in [3.63, 3.8) is 0 Å². The zero-order valence-corrected chi connectivity index (χ0v) is 28.9. The predicted molar refractivity (Wildman–Crippen MR) is 185 cm³/mol. The van der Waals surface area contributed by atoms with Gasteiger partial charge in [0.1, 0.15) is 12.6 Å². The van der Waals surface area contributed by atoms with Crippen LogP contribution in [0.2, 0.25) is 10.0 Å². The van der Waals surface area contributed by atoms with Crippen molar-refractivity contribution in [3.05, 3.63) is 118 Å². The number of nitrogens with one attached hydrogen (secondary N) is 1. The third kappa shape index (κ3) is 8.77. The molecule has 4 aromatic rings. The van der Waals surface area contributed by atoms with Crippen molar-refractivity contribution in [2.24, 2.45) is 0 Å². The summed E-state index contributed by atoms with van der Waals surface area (Å²) in [6.45, 7) is 3.29. The zero-order valence-electron chi connectivity index (χ0n) is 26.6. The molecule has 0 heterocycles. The van der Waals surface area contributed by atoms with Crippen LogP contribution in [-0.2, 0) is 32.6 Å². The number of halogens is 2. The van der Waals surface area contributed by atoms with Gasteiger partial charge >= 0.3 is 0 Å². The van der Waals surface area contributed by atoms with Gasteiger partial charge in [-0.1, -0.05) is 77.3 Å². The largest absolute Gasteiger partial charge is 0.493 e. The summed E-state index contributed by atoms with van der Waals surface area (Å²) < 4.78 is 40.4. The van der Waals surface area contributed by atoms with Gasteiger partial charge in [0, 0.05) is 35.6 Å². The van der Waals surface area contributed by atoms with Crippen LogP contribution in [0.3, 0.4) is 0 Å². The molecule has 0 spiro atoms. The monoisotopic (exact) mass is 697 g/mol. The van der Waals surface area contributed by atoms with Crippen molar-refractivity contribution >= 4 is 50.7 Å². The molecule has 4 rings (SSSR count). The summed E-state index contributed by atoms with van der Waals surface area (Å²) in [5.74, 6) is -0.449. The average molecular weight is 699 g/mol. The number of nitrogens with zero attached hydrogens (tertiary/aromatic N) is 2. The van der Waals surface area contributed by atoms with E-state index in [0.29, 0.717) is 27.9 Å². The number of anilines is 1. The summed E-state index contributed by atoms with van der Waals surface area (Å²) in [5.41, 5.74) is 2.52. The van der Waals surface area contributed by atoms with Gasteiger partial charge in [0.2, 0.25) is 11.8 Å². The maximum Gasteiger partial charge on any atom is 0.264 e. The summed E-state index contributed by atoms with van der Waals surface area (Å²) in [6, 6.07) is 24.2. The number of ether oxygens (including phenoxy) is 2. The summed E-state index contributed by atoms with van der Waals surface area (Å²) in [7, 11) is -1.49. The highest BCUT2D eigenvalue weighted by Crippen LogP contribution is 2.33. The van der Waals surface area contributed by atoms with Gasteiger partial charge in [-0.15, -0.1) is 0 Å². The maximum atomic E-state index is 14.5. The van der Waals surface area contributed by atoms with Gasteiger partial charge in [-0.2, -0.15) is 0 Å². The highest BCUT2D eigenvalue weighted by atomic mass is 35.5. The molecule has 9 nitrogen and oxygen atoms in total. The second-order valence-electron chi connectivity index (χ2n) is 10.7. The smallest absolute Gasteiger partial charge is 0.264 e. The molecule has 1 atom stereocenters. The highest BCUT2D eigenvalue weighted by molar-refractivity contribution is 7.92. The molecule has 0 bridgehead atoms. The number of methoxy groups -OCH3 is 2. The molecule has 0 aromatic heterocycles. The lowest BCUT2D eigenvalue weighted by atomic mass is 10.0. The van der Waals surface area contributed by atoms with Gasteiger partial charge in [0.15, 0.2) is 11.5 Å². The molecule has 0 radical (unpaired) electrons. The van der Waals surface area contributed by atoms with Crippen molar-refractivity contribution in [2.75, 3.05) is 31.6 Å². The molecule has 1 N–H and O–H groups in total. The van der Waals surface area contributed by atoms with Crippen molar-refractivity contribution in [1.82, 2.24) is 10.2 Å². The number of hydrogen-bond acceptors (Lipinski definition) is 6. The van der Waals surface area contributed by atoms with E-state index < -0.39 is 28.5 Å². The molecule has 0 fully saturated rings. The van der Waals surface area contributed by atoms with Crippen molar-refractivity contribution in [2.45, 2.75) is 37.8 Å². The van der Waals surface area contributed by atoms with Crippen LogP contribution >= 0.6 is 23.2 Å². The number of hydrogen-bond donors (Lipinski definition) is 1. The minimum Gasteiger partial charge on any atom is -0.493 e.